The molecule has 0 spiro atoms. The van der Waals surface area contributed by atoms with E-state index in [0.29, 0.717) is 41.4 Å². The minimum atomic E-state index is 0.0639. The number of nitriles is 1. The Morgan fingerprint density at radius 1 is 1.00 bits per heavy atom. The molecule has 9 nitrogen and oxygen atoms in total. The summed E-state index contributed by atoms with van der Waals surface area (Å²) < 4.78 is 11.5. The third-order valence-corrected chi connectivity index (χ3v) is 7.13. The molecule has 4 heterocycles. The highest BCUT2D eigenvalue weighted by atomic mass is 16.5. The normalized spacial score (nSPS) is 17.1. The lowest BCUT2D eigenvalue weighted by molar-refractivity contribution is 0.0254. The summed E-state index contributed by atoms with van der Waals surface area (Å²) in [6.07, 6.45) is 3.24. The van der Waals surface area contributed by atoms with Crippen LogP contribution in [0, 0.1) is 11.3 Å². The highest BCUT2D eigenvalue weighted by Gasteiger charge is 2.19. The summed E-state index contributed by atoms with van der Waals surface area (Å²) in [5.41, 5.74) is 5.49. The standard InChI is InChI=1S/C28H29N7O2/c1-34-10-12-35(13-11-34)22-5-2-19(3-6-22)27-32-26-25(30-18-31-28(26)33-27)20-4-7-24(21(16-20)17-29)37-23-8-14-36-15-9-23/h2-7,16,18,23H,8-15H2,1H3,(H,30,31,32,33). The molecular formula is C28H29N7O2. The second-order valence-corrected chi connectivity index (χ2v) is 9.59. The first kappa shape index (κ1) is 23.4. The molecule has 4 aromatic rings. The van der Waals surface area contributed by atoms with Crippen LogP contribution in [-0.2, 0) is 4.74 Å². The number of ether oxygens (including phenoxy) is 2. The van der Waals surface area contributed by atoms with E-state index in [0.717, 1.165) is 56.0 Å². The van der Waals surface area contributed by atoms with E-state index in [9.17, 15) is 5.26 Å². The molecule has 0 saturated carbocycles. The number of nitrogens with zero attached hydrogens (tertiary/aromatic N) is 6. The van der Waals surface area contributed by atoms with Gasteiger partial charge in [0.25, 0.3) is 0 Å². The summed E-state index contributed by atoms with van der Waals surface area (Å²) in [6, 6.07) is 16.3. The Labute approximate surface area is 215 Å². The van der Waals surface area contributed by atoms with Crippen LogP contribution in [0.25, 0.3) is 33.8 Å². The van der Waals surface area contributed by atoms with Gasteiger partial charge in [-0.3, -0.25) is 0 Å². The van der Waals surface area contributed by atoms with Crippen LogP contribution in [0.1, 0.15) is 18.4 Å². The number of rotatable bonds is 5. The fourth-order valence-corrected chi connectivity index (χ4v) is 4.91. The number of aromatic nitrogens is 4. The number of aromatic amines is 1. The first-order valence-electron chi connectivity index (χ1n) is 12.7. The van der Waals surface area contributed by atoms with Gasteiger partial charge in [0.1, 0.15) is 41.3 Å². The third-order valence-electron chi connectivity index (χ3n) is 7.13. The second-order valence-electron chi connectivity index (χ2n) is 9.59. The first-order valence-corrected chi connectivity index (χ1v) is 12.7. The second kappa shape index (κ2) is 10.2. The van der Waals surface area contributed by atoms with Crippen molar-refractivity contribution in [1.29, 1.82) is 5.26 Å². The molecule has 0 radical (unpaired) electrons. The van der Waals surface area contributed by atoms with Crippen molar-refractivity contribution in [2.24, 2.45) is 0 Å². The van der Waals surface area contributed by atoms with Crippen molar-refractivity contribution in [3.8, 4) is 34.5 Å². The summed E-state index contributed by atoms with van der Waals surface area (Å²) in [5.74, 6) is 1.33. The van der Waals surface area contributed by atoms with Crippen LogP contribution in [-0.4, -0.2) is 77.4 Å². The lowest BCUT2D eigenvalue weighted by atomic mass is 10.1. The number of imidazole rings is 1. The molecule has 188 valence electrons. The Bertz CT molecular complexity index is 1430. The summed E-state index contributed by atoms with van der Waals surface area (Å²) in [4.78, 5) is 21.9. The van der Waals surface area contributed by atoms with Crippen LogP contribution < -0.4 is 9.64 Å². The number of piperazine rings is 1. The molecule has 2 aromatic heterocycles. The fraction of sp³-hybridized carbons (Fsp3) is 0.357. The zero-order valence-corrected chi connectivity index (χ0v) is 20.9. The molecular weight excluding hydrogens is 466 g/mol. The van der Waals surface area contributed by atoms with Gasteiger partial charge in [-0.2, -0.15) is 5.26 Å². The molecule has 2 aliphatic heterocycles. The minimum absolute atomic E-state index is 0.0639. The van der Waals surface area contributed by atoms with E-state index >= 15 is 0 Å². The molecule has 2 saturated heterocycles. The number of H-pyrrole nitrogens is 1. The molecule has 2 aliphatic rings. The average molecular weight is 496 g/mol. The Balaban J connectivity index is 1.27. The summed E-state index contributed by atoms with van der Waals surface area (Å²) in [5, 5.41) is 9.80. The van der Waals surface area contributed by atoms with Crippen LogP contribution in [0.15, 0.2) is 48.8 Å². The average Bonchev–Trinajstić information content (AvgIpc) is 3.39. The van der Waals surface area contributed by atoms with Crippen molar-refractivity contribution in [2.45, 2.75) is 18.9 Å². The van der Waals surface area contributed by atoms with Crippen molar-refractivity contribution in [1.82, 2.24) is 24.8 Å². The predicted molar refractivity (Wildman–Crippen MR) is 141 cm³/mol. The Hall–Kier alpha value is -4.00. The number of hydrogen-bond donors (Lipinski definition) is 1. The van der Waals surface area contributed by atoms with E-state index in [-0.39, 0.29) is 6.10 Å². The van der Waals surface area contributed by atoms with Crippen molar-refractivity contribution in [3.63, 3.8) is 0 Å². The monoisotopic (exact) mass is 495 g/mol. The molecule has 0 atom stereocenters. The quantitative estimate of drug-likeness (QED) is 0.445. The van der Waals surface area contributed by atoms with Crippen molar-refractivity contribution in [3.05, 3.63) is 54.4 Å². The largest absolute Gasteiger partial charge is 0.489 e. The van der Waals surface area contributed by atoms with Crippen LogP contribution in [0.4, 0.5) is 5.69 Å². The predicted octanol–water partition coefficient (Wildman–Crippen LogP) is 3.87. The number of benzene rings is 2. The Morgan fingerprint density at radius 2 is 1.76 bits per heavy atom. The van der Waals surface area contributed by atoms with E-state index in [1.54, 1.807) is 0 Å². The SMILES string of the molecule is CN1CCN(c2ccc(-c3nc4c(-c5ccc(OC6CCOCC6)c(C#N)c5)ncnc4[nH]3)cc2)CC1. The highest BCUT2D eigenvalue weighted by Crippen LogP contribution is 2.31. The van der Waals surface area contributed by atoms with Crippen LogP contribution >= 0.6 is 0 Å². The van der Waals surface area contributed by atoms with Gasteiger partial charge in [-0.25, -0.2) is 15.0 Å². The number of likely N-dealkylation sites (N-methyl/N-ethyl adjacent to an activating group) is 1. The fourth-order valence-electron chi connectivity index (χ4n) is 4.91. The molecule has 0 bridgehead atoms. The number of anilines is 1. The van der Waals surface area contributed by atoms with Gasteiger partial charge in [0.15, 0.2) is 5.65 Å². The van der Waals surface area contributed by atoms with Gasteiger partial charge in [-0.05, 0) is 49.5 Å². The molecule has 6 rings (SSSR count). The summed E-state index contributed by atoms with van der Waals surface area (Å²) in [7, 11) is 2.16. The van der Waals surface area contributed by atoms with Crippen molar-refractivity contribution in [2.75, 3.05) is 51.3 Å². The maximum absolute atomic E-state index is 9.80. The van der Waals surface area contributed by atoms with Gasteiger partial charge in [0.05, 0.1) is 18.8 Å². The molecule has 9 heteroatoms. The minimum Gasteiger partial charge on any atom is -0.489 e. The van der Waals surface area contributed by atoms with Gasteiger partial charge in [0.2, 0.25) is 0 Å². The van der Waals surface area contributed by atoms with Crippen LogP contribution in [0.3, 0.4) is 0 Å². The third kappa shape index (κ3) is 4.86. The first-order chi connectivity index (χ1) is 18.2. The maximum Gasteiger partial charge on any atom is 0.161 e. The van der Waals surface area contributed by atoms with Gasteiger partial charge >= 0.3 is 0 Å². The van der Waals surface area contributed by atoms with E-state index in [1.165, 1.54) is 12.0 Å². The van der Waals surface area contributed by atoms with Crippen LogP contribution in [0.2, 0.25) is 0 Å². The summed E-state index contributed by atoms with van der Waals surface area (Å²) in [6.45, 7) is 5.57. The molecule has 37 heavy (non-hydrogen) atoms. The van der Waals surface area contributed by atoms with Gasteiger partial charge in [-0.1, -0.05) is 0 Å². The summed E-state index contributed by atoms with van der Waals surface area (Å²) >= 11 is 0. The van der Waals surface area contributed by atoms with E-state index in [4.69, 9.17) is 14.5 Å². The topological polar surface area (TPSA) is 103 Å². The molecule has 2 fully saturated rings. The van der Waals surface area contributed by atoms with Gasteiger partial charge < -0.3 is 24.3 Å². The smallest absolute Gasteiger partial charge is 0.161 e. The van der Waals surface area contributed by atoms with E-state index in [1.807, 2.05) is 18.2 Å². The van der Waals surface area contributed by atoms with Gasteiger partial charge in [-0.15, -0.1) is 0 Å². The molecule has 0 unspecified atom stereocenters. The number of hydrogen-bond acceptors (Lipinski definition) is 8. The number of nitrogens with one attached hydrogen (secondary N) is 1. The highest BCUT2D eigenvalue weighted by molar-refractivity contribution is 5.89. The Morgan fingerprint density at radius 3 is 2.51 bits per heavy atom. The van der Waals surface area contributed by atoms with Crippen molar-refractivity contribution >= 4 is 16.9 Å². The molecule has 0 amide bonds. The molecule has 1 N–H and O–H groups in total. The zero-order valence-electron chi connectivity index (χ0n) is 20.9. The van der Waals surface area contributed by atoms with Crippen LogP contribution in [0.5, 0.6) is 5.75 Å². The lowest BCUT2D eigenvalue weighted by Crippen LogP contribution is -2.44. The van der Waals surface area contributed by atoms with Crippen molar-refractivity contribution < 1.29 is 9.47 Å². The Kier molecular flexibility index (Phi) is 6.43. The molecule has 0 aliphatic carbocycles. The van der Waals surface area contributed by atoms with Gasteiger partial charge in [0, 0.05) is 55.8 Å². The lowest BCUT2D eigenvalue weighted by Gasteiger charge is -2.34. The molecule has 2 aromatic carbocycles. The zero-order chi connectivity index (χ0) is 25.2. The maximum atomic E-state index is 9.80. The van der Waals surface area contributed by atoms with E-state index in [2.05, 4.69) is 62.1 Å². The van der Waals surface area contributed by atoms with E-state index < -0.39 is 0 Å². The number of fused-ring (bicyclic) bond motifs is 1.